The number of rotatable bonds is 4. The first kappa shape index (κ1) is 15.8. The van der Waals surface area contributed by atoms with Gasteiger partial charge >= 0.3 is 0 Å². The molecule has 0 atom stereocenters. The lowest BCUT2D eigenvalue weighted by Crippen LogP contribution is -2.24. The van der Waals surface area contributed by atoms with E-state index in [1.54, 1.807) is 32.0 Å². The summed E-state index contributed by atoms with van der Waals surface area (Å²) in [4.78, 5) is 20.6. The molecule has 24 heavy (non-hydrogen) atoms. The van der Waals surface area contributed by atoms with Crippen LogP contribution in [-0.2, 0) is 6.54 Å². The number of carbonyl (C=O) groups excluding carboxylic acids is 1. The maximum atomic E-state index is 13.0. The van der Waals surface area contributed by atoms with Gasteiger partial charge in [0.15, 0.2) is 0 Å². The second-order valence-electron chi connectivity index (χ2n) is 5.39. The van der Waals surface area contributed by atoms with Crippen molar-refractivity contribution >= 4 is 5.91 Å². The van der Waals surface area contributed by atoms with Crippen LogP contribution in [0.25, 0.3) is 11.3 Å². The maximum absolute atomic E-state index is 13.0. The SMILES string of the molecule is Cc1n[nH]c(C)c1C(=O)NCc1cc(-c2ccc(F)cc2)ncn1. The van der Waals surface area contributed by atoms with E-state index in [9.17, 15) is 9.18 Å². The summed E-state index contributed by atoms with van der Waals surface area (Å²) in [6.45, 7) is 3.83. The van der Waals surface area contributed by atoms with E-state index in [0.717, 1.165) is 11.3 Å². The number of hydrogen-bond donors (Lipinski definition) is 2. The minimum absolute atomic E-state index is 0.208. The molecule has 122 valence electrons. The molecule has 3 aromatic rings. The van der Waals surface area contributed by atoms with Crippen molar-refractivity contribution in [2.24, 2.45) is 0 Å². The molecule has 0 radical (unpaired) electrons. The van der Waals surface area contributed by atoms with Gasteiger partial charge in [-0.15, -0.1) is 0 Å². The van der Waals surface area contributed by atoms with E-state index < -0.39 is 0 Å². The molecule has 0 saturated carbocycles. The zero-order chi connectivity index (χ0) is 17.1. The van der Waals surface area contributed by atoms with Gasteiger partial charge in [-0.05, 0) is 44.2 Å². The smallest absolute Gasteiger partial charge is 0.255 e. The van der Waals surface area contributed by atoms with Crippen LogP contribution >= 0.6 is 0 Å². The lowest BCUT2D eigenvalue weighted by molar-refractivity contribution is 0.0949. The zero-order valence-corrected chi connectivity index (χ0v) is 13.3. The van der Waals surface area contributed by atoms with Crippen molar-refractivity contribution in [3.8, 4) is 11.3 Å². The number of aromatic amines is 1. The summed E-state index contributed by atoms with van der Waals surface area (Å²) in [6, 6.07) is 7.83. The van der Waals surface area contributed by atoms with Gasteiger partial charge in [-0.3, -0.25) is 9.89 Å². The highest BCUT2D eigenvalue weighted by Crippen LogP contribution is 2.17. The van der Waals surface area contributed by atoms with Crippen LogP contribution < -0.4 is 5.32 Å². The van der Waals surface area contributed by atoms with E-state index in [2.05, 4.69) is 25.5 Å². The Kier molecular flexibility index (Phi) is 4.33. The molecule has 0 aliphatic heterocycles. The number of aromatic nitrogens is 4. The highest BCUT2D eigenvalue weighted by Gasteiger charge is 2.15. The van der Waals surface area contributed by atoms with Gasteiger partial charge in [-0.25, -0.2) is 14.4 Å². The number of nitrogens with zero attached hydrogens (tertiary/aromatic N) is 3. The summed E-state index contributed by atoms with van der Waals surface area (Å²) in [5.41, 5.74) is 4.04. The summed E-state index contributed by atoms with van der Waals surface area (Å²) in [5, 5.41) is 9.62. The molecule has 0 saturated heterocycles. The number of H-pyrrole nitrogens is 1. The Labute approximate surface area is 138 Å². The Hall–Kier alpha value is -3.09. The molecule has 2 N–H and O–H groups in total. The number of hydrogen-bond acceptors (Lipinski definition) is 4. The van der Waals surface area contributed by atoms with Gasteiger partial charge in [0, 0.05) is 11.3 Å². The van der Waals surface area contributed by atoms with E-state index in [1.165, 1.54) is 18.5 Å². The van der Waals surface area contributed by atoms with Crippen molar-refractivity contribution in [2.75, 3.05) is 0 Å². The molecule has 0 bridgehead atoms. The average Bonchev–Trinajstić information content (AvgIpc) is 2.92. The normalized spacial score (nSPS) is 10.6. The van der Waals surface area contributed by atoms with Crippen LogP contribution in [0.4, 0.5) is 4.39 Å². The molecule has 1 amide bonds. The van der Waals surface area contributed by atoms with Gasteiger partial charge in [0.2, 0.25) is 0 Å². The van der Waals surface area contributed by atoms with Crippen LogP contribution in [0.5, 0.6) is 0 Å². The lowest BCUT2D eigenvalue weighted by atomic mass is 10.1. The first-order chi connectivity index (χ1) is 11.5. The standard InChI is InChI=1S/C17H16FN5O/c1-10-16(11(2)23-22-10)17(24)19-8-14-7-15(21-9-20-14)12-3-5-13(18)6-4-12/h3-7,9H,8H2,1-2H3,(H,19,24)(H,22,23). The molecule has 6 nitrogen and oxygen atoms in total. The minimum atomic E-state index is -0.300. The van der Waals surface area contributed by atoms with Crippen molar-refractivity contribution in [3.05, 3.63) is 65.1 Å². The van der Waals surface area contributed by atoms with E-state index in [-0.39, 0.29) is 18.3 Å². The molecule has 2 aromatic heterocycles. The molecule has 2 heterocycles. The van der Waals surface area contributed by atoms with Crippen molar-refractivity contribution in [2.45, 2.75) is 20.4 Å². The summed E-state index contributed by atoms with van der Waals surface area (Å²) in [7, 11) is 0. The van der Waals surface area contributed by atoms with Crippen LogP contribution in [0.15, 0.2) is 36.7 Å². The molecule has 0 aliphatic rings. The number of nitrogens with one attached hydrogen (secondary N) is 2. The van der Waals surface area contributed by atoms with E-state index in [1.807, 2.05) is 0 Å². The number of carbonyl (C=O) groups is 1. The summed E-state index contributed by atoms with van der Waals surface area (Å²) < 4.78 is 13.0. The van der Waals surface area contributed by atoms with Crippen molar-refractivity contribution < 1.29 is 9.18 Å². The van der Waals surface area contributed by atoms with Crippen LogP contribution in [0.3, 0.4) is 0 Å². The second kappa shape index (κ2) is 6.57. The molecule has 0 aliphatic carbocycles. The first-order valence-electron chi connectivity index (χ1n) is 7.41. The minimum Gasteiger partial charge on any atom is -0.346 e. The van der Waals surface area contributed by atoms with Gasteiger partial charge < -0.3 is 5.32 Å². The number of amides is 1. The van der Waals surface area contributed by atoms with Crippen molar-refractivity contribution in [1.82, 2.24) is 25.5 Å². The largest absolute Gasteiger partial charge is 0.346 e. The van der Waals surface area contributed by atoms with Crippen LogP contribution in [0.1, 0.15) is 27.4 Å². The molecule has 7 heteroatoms. The fourth-order valence-corrected chi connectivity index (χ4v) is 2.42. The highest BCUT2D eigenvalue weighted by atomic mass is 19.1. The Balaban J connectivity index is 1.73. The molecular formula is C17H16FN5O. The Morgan fingerprint density at radius 3 is 2.62 bits per heavy atom. The average molecular weight is 325 g/mol. The third kappa shape index (κ3) is 3.29. The van der Waals surface area contributed by atoms with E-state index in [0.29, 0.717) is 22.6 Å². The van der Waals surface area contributed by atoms with Crippen molar-refractivity contribution in [1.29, 1.82) is 0 Å². The zero-order valence-electron chi connectivity index (χ0n) is 13.3. The third-order valence-corrected chi connectivity index (χ3v) is 3.65. The number of benzene rings is 1. The van der Waals surface area contributed by atoms with Gasteiger partial charge in [0.1, 0.15) is 12.1 Å². The highest BCUT2D eigenvalue weighted by molar-refractivity contribution is 5.96. The maximum Gasteiger partial charge on any atom is 0.255 e. The summed E-state index contributed by atoms with van der Waals surface area (Å²) >= 11 is 0. The second-order valence-corrected chi connectivity index (χ2v) is 5.39. The number of aryl methyl sites for hydroxylation is 2. The predicted octanol–water partition coefficient (Wildman–Crippen LogP) is 2.55. The topological polar surface area (TPSA) is 83.6 Å². The van der Waals surface area contributed by atoms with Gasteiger partial charge in [-0.2, -0.15) is 5.10 Å². The molecule has 0 fully saturated rings. The predicted molar refractivity (Wildman–Crippen MR) is 86.7 cm³/mol. The molecule has 3 rings (SSSR count). The molecular weight excluding hydrogens is 309 g/mol. The van der Waals surface area contributed by atoms with Crippen molar-refractivity contribution in [3.63, 3.8) is 0 Å². The quantitative estimate of drug-likeness (QED) is 0.772. The molecule has 1 aromatic carbocycles. The summed E-state index contributed by atoms with van der Waals surface area (Å²) in [6.07, 6.45) is 1.43. The van der Waals surface area contributed by atoms with Crippen LogP contribution in [0, 0.1) is 19.7 Å². The van der Waals surface area contributed by atoms with Gasteiger partial charge in [0.05, 0.1) is 29.2 Å². The fraction of sp³-hybridized carbons (Fsp3) is 0.176. The van der Waals surface area contributed by atoms with Gasteiger partial charge in [-0.1, -0.05) is 0 Å². The first-order valence-corrected chi connectivity index (χ1v) is 7.41. The molecule has 0 spiro atoms. The molecule has 0 unspecified atom stereocenters. The van der Waals surface area contributed by atoms with Crippen LogP contribution in [-0.4, -0.2) is 26.1 Å². The monoisotopic (exact) mass is 325 g/mol. The Bertz CT molecular complexity index is 853. The lowest BCUT2D eigenvalue weighted by Gasteiger charge is -2.06. The van der Waals surface area contributed by atoms with Crippen LogP contribution in [0.2, 0.25) is 0 Å². The Morgan fingerprint density at radius 1 is 1.21 bits per heavy atom. The fourth-order valence-electron chi connectivity index (χ4n) is 2.42. The van der Waals surface area contributed by atoms with E-state index in [4.69, 9.17) is 0 Å². The van der Waals surface area contributed by atoms with E-state index >= 15 is 0 Å². The van der Waals surface area contributed by atoms with Gasteiger partial charge in [0.25, 0.3) is 5.91 Å². The number of halogens is 1. The third-order valence-electron chi connectivity index (χ3n) is 3.65. The Morgan fingerprint density at radius 2 is 1.96 bits per heavy atom. The summed E-state index contributed by atoms with van der Waals surface area (Å²) in [5.74, 6) is -0.508.